The van der Waals surface area contributed by atoms with Crippen LogP contribution < -0.4 is 0 Å². The van der Waals surface area contributed by atoms with Gasteiger partial charge >= 0.3 is 0 Å². The molecule has 0 atom stereocenters. The molecule has 2 aliphatic rings. The summed E-state index contributed by atoms with van der Waals surface area (Å²) in [5.41, 5.74) is 2.88. The van der Waals surface area contributed by atoms with Gasteiger partial charge < -0.3 is 0 Å². The van der Waals surface area contributed by atoms with Gasteiger partial charge in [-0.3, -0.25) is 0 Å². The number of nitrogens with zero attached hydrogens (tertiary/aromatic N) is 1. The van der Waals surface area contributed by atoms with Gasteiger partial charge in [-0.2, -0.15) is 0 Å². The van der Waals surface area contributed by atoms with Crippen LogP contribution in [0.3, 0.4) is 0 Å². The maximum absolute atomic E-state index is 3.93. The molecule has 1 aliphatic carbocycles. The Morgan fingerprint density at radius 3 is 3.20 bits per heavy atom. The predicted molar refractivity (Wildman–Crippen MR) is 42.0 cm³/mol. The summed E-state index contributed by atoms with van der Waals surface area (Å²) in [4.78, 5) is 3.93. The first-order valence-electron chi connectivity index (χ1n) is 3.64. The molecule has 1 heteroatoms. The lowest BCUT2D eigenvalue weighted by Crippen LogP contribution is -1.72. The van der Waals surface area contributed by atoms with Crippen LogP contribution in [-0.2, 0) is 0 Å². The highest BCUT2D eigenvalue weighted by Crippen LogP contribution is 2.27. The van der Waals surface area contributed by atoms with Gasteiger partial charge in [-0.05, 0) is 42.4 Å². The fourth-order valence-corrected chi connectivity index (χ4v) is 1.43. The molecule has 0 fully saturated rings. The van der Waals surface area contributed by atoms with E-state index in [0.717, 1.165) is 0 Å². The molecule has 0 unspecified atom stereocenters. The average Bonchev–Trinajstić information content (AvgIpc) is 2.28. The maximum Gasteiger partial charge on any atom is 0.0371 e. The van der Waals surface area contributed by atoms with Gasteiger partial charge in [-0.25, -0.2) is 4.99 Å². The predicted octanol–water partition coefficient (Wildman–Crippen LogP) is 2.22. The van der Waals surface area contributed by atoms with Crippen LogP contribution in [0.15, 0.2) is 34.5 Å². The van der Waals surface area contributed by atoms with E-state index in [1.807, 2.05) is 12.3 Å². The average molecular weight is 131 g/mol. The Hall–Kier alpha value is -1.07. The van der Waals surface area contributed by atoms with Crippen LogP contribution in [0.1, 0.15) is 19.3 Å². The van der Waals surface area contributed by atoms with Crippen molar-refractivity contribution in [2.75, 3.05) is 0 Å². The van der Waals surface area contributed by atoms with Crippen LogP contribution in [0.2, 0.25) is 0 Å². The molecule has 0 spiro atoms. The van der Waals surface area contributed by atoms with Gasteiger partial charge in [0.2, 0.25) is 0 Å². The van der Waals surface area contributed by atoms with Crippen molar-refractivity contribution < 1.29 is 0 Å². The molecule has 2 rings (SSSR count). The van der Waals surface area contributed by atoms with Gasteiger partial charge in [0.25, 0.3) is 0 Å². The van der Waals surface area contributed by atoms with E-state index in [1.54, 1.807) is 0 Å². The minimum atomic E-state index is 1.21. The summed E-state index contributed by atoms with van der Waals surface area (Å²) in [5, 5.41) is 0. The Bertz CT molecular complexity index is 262. The summed E-state index contributed by atoms with van der Waals surface area (Å²) in [5.74, 6) is 2.87. The van der Waals surface area contributed by atoms with Gasteiger partial charge in [0.1, 0.15) is 0 Å². The molecule has 0 saturated heterocycles. The number of hydrogen-bond donors (Lipinski definition) is 0. The maximum atomic E-state index is 3.93. The number of hydrogen-bond acceptors (Lipinski definition) is 1. The van der Waals surface area contributed by atoms with E-state index in [9.17, 15) is 0 Å². The van der Waals surface area contributed by atoms with Crippen LogP contribution in [0, 0.1) is 0 Å². The van der Waals surface area contributed by atoms with E-state index >= 15 is 0 Å². The lowest BCUT2D eigenvalue weighted by molar-refractivity contribution is 0.906. The van der Waals surface area contributed by atoms with Gasteiger partial charge in [0.05, 0.1) is 0 Å². The van der Waals surface area contributed by atoms with Gasteiger partial charge in [0.15, 0.2) is 0 Å². The van der Waals surface area contributed by atoms with E-state index < -0.39 is 0 Å². The van der Waals surface area contributed by atoms with Crippen LogP contribution >= 0.6 is 0 Å². The monoisotopic (exact) mass is 131 g/mol. The van der Waals surface area contributed by atoms with E-state index in [1.165, 1.54) is 30.4 Å². The molecule has 0 radical (unpaired) electrons. The first kappa shape index (κ1) is 5.70. The zero-order valence-corrected chi connectivity index (χ0v) is 5.80. The molecular weight excluding hydrogens is 122 g/mol. The normalized spacial score (nSPS) is 21.6. The Labute approximate surface area is 60.5 Å². The van der Waals surface area contributed by atoms with E-state index in [-0.39, 0.29) is 0 Å². The number of rotatable bonds is 0. The zero-order chi connectivity index (χ0) is 6.81. The van der Waals surface area contributed by atoms with E-state index in [0.29, 0.717) is 0 Å². The quantitative estimate of drug-likeness (QED) is 0.478. The highest BCUT2D eigenvalue weighted by atomic mass is 14.6. The Morgan fingerprint density at radius 2 is 2.20 bits per heavy atom. The van der Waals surface area contributed by atoms with E-state index in [2.05, 4.69) is 16.9 Å². The van der Waals surface area contributed by atoms with Crippen molar-refractivity contribution in [1.29, 1.82) is 0 Å². The van der Waals surface area contributed by atoms with Gasteiger partial charge in [-0.1, -0.05) is 0 Å². The third-order valence-corrected chi connectivity index (χ3v) is 1.97. The zero-order valence-electron chi connectivity index (χ0n) is 5.80. The van der Waals surface area contributed by atoms with Crippen molar-refractivity contribution in [1.82, 2.24) is 0 Å². The molecule has 0 bridgehead atoms. The molecule has 0 aromatic carbocycles. The summed E-state index contributed by atoms with van der Waals surface area (Å²) < 4.78 is 0. The molecular formula is C9H9N. The van der Waals surface area contributed by atoms with Crippen molar-refractivity contribution in [3.05, 3.63) is 29.5 Å². The Morgan fingerprint density at radius 1 is 1.30 bits per heavy atom. The number of allylic oxidation sites excluding steroid dienone is 4. The van der Waals surface area contributed by atoms with Crippen molar-refractivity contribution in [3.63, 3.8) is 0 Å². The van der Waals surface area contributed by atoms with Crippen LogP contribution in [0.4, 0.5) is 0 Å². The van der Waals surface area contributed by atoms with Crippen molar-refractivity contribution in [3.8, 4) is 0 Å². The van der Waals surface area contributed by atoms with Crippen molar-refractivity contribution in [2.24, 2.45) is 4.99 Å². The van der Waals surface area contributed by atoms with Gasteiger partial charge in [-0.15, -0.1) is 0 Å². The summed E-state index contributed by atoms with van der Waals surface area (Å²) in [6.07, 6.45) is 9.65. The second-order valence-electron chi connectivity index (χ2n) is 2.62. The Kier molecular flexibility index (Phi) is 1.30. The molecule has 0 N–H and O–H groups in total. The molecule has 0 aromatic heterocycles. The molecule has 0 saturated carbocycles. The largest absolute Gasteiger partial charge is 0.214 e. The summed E-state index contributed by atoms with van der Waals surface area (Å²) in [6, 6.07) is 0. The lowest BCUT2D eigenvalue weighted by Gasteiger charge is -1.90. The molecule has 0 aromatic rings. The molecule has 1 heterocycles. The van der Waals surface area contributed by atoms with E-state index in [4.69, 9.17) is 0 Å². The summed E-state index contributed by atoms with van der Waals surface area (Å²) >= 11 is 0. The lowest BCUT2D eigenvalue weighted by atomic mass is 10.1. The molecule has 1 aliphatic heterocycles. The smallest absolute Gasteiger partial charge is 0.0371 e. The minimum absolute atomic E-state index is 1.21. The summed E-state index contributed by atoms with van der Waals surface area (Å²) in [6.45, 7) is 0. The second-order valence-corrected chi connectivity index (χ2v) is 2.62. The fourth-order valence-electron chi connectivity index (χ4n) is 1.43. The molecule has 10 heavy (non-hydrogen) atoms. The number of aliphatic imine (C=N–C) groups is 1. The molecule has 50 valence electrons. The highest BCUT2D eigenvalue weighted by molar-refractivity contribution is 5.61. The van der Waals surface area contributed by atoms with Crippen LogP contribution in [0.5, 0.6) is 0 Å². The first-order chi connectivity index (χ1) is 4.97. The van der Waals surface area contributed by atoms with Crippen molar-refractivity contribution in [2.45, 2.75) is 19.3 Å². The van der Waals surface area contributed by atoms with Gasteiger partial charge in [0, 0.05) is 12.3 Å². The van der Waals surface area contributed by atoms with Crippen molar-refractivity contribution >= 4 is 5.87 Å². The second kappa shape index (κ2) is 2.28. The highest BCUT2D eigenvalue weighted by Gasteiger charge is 2.09. The molecule has 0 amide bonds. The van der Waals surface area contributed by atoms with Crippen LogP contribution in [-0.4, -0.2) is 5.87 Å². The molecule has 1 nitrogen and oxygen atoms in total. The Balaban J connectivity index is 2.44. The summed E-state index contributed by atoms with van der Waals surface area (Å²) in [7, 11) is 0. The SMILES string of the molecule is C1=CC2=C(C=CN=1)CCC2. The minimum Gasteiger partial charge on any atom is -0.214 e. The third-order valence-electron chi connectivity index (χ3n) is 1.97. The topological polar surface area (TPSA) is 12.4 Å². The van der Waals surface area contributed by atoms with Crippen LogP contribution in [0.25, 0.3) is 0 Å². The standard InChI is InChI=1S/C9H9N/c1-2-8-4-6-10-7-5-9(8)3-1/h4-6H,1-3H2. The third kappa shape index (κ3) is 0.850. The first-order valence-corrected chi connectivity index (χ1v) is 3.64. The fraction of sp³-hybridized carbons (Fsp3) is 0.333.